The zero-order valence-electron chi connectivity index (χ0n) is 21.4. The zero-order valence-corrected chi connectivity index (χ0v) is 23.0. The number of thiophene rings is 1. The van der Waals surface area contributed by atoms with Crippen LogP contribution in [0.3, 0.4) is 0 Å². The lowest BCUT2D eigenvalue weighted by Crippen LogP contribution is -2.47. The van der Waals surface area contributed by atoms with Gasteiger partial charge in [0.25, 0.3) is 0 Å². The van der Waals surface area contributed by atoms with E-state index in [-0.39, 0.29) is 11.9 Å². The SMILES string of the molecule is COC(=O)c1c(NC(=S)N2CCC(C(O)(c3ccccc3)c3ccccc3)CC2)sc2c1CC[C@H](C)C2. The molecule has 5 rings (SSSR count). The first-order chi connectivity index (χ1) is 17.9. The number of thiocarbonyl (C=S) groups is 1. The van der Waals surface area contributed by atoms with E-state index >= 15 is 0 Å². The van der Waals surface area contributed by atoms with Gasteiger partial charge in [0.15, 0.2) is 5.11 Å². The number of nitrogens with zero attached hydrogens (tertiary/aromatic N) is 1. The number of esters is 1. The monoisotopic (exact) mass is 534 g/mol. The summed E-state index contributed by atoms with van der Waals surface area (Å²) in [5.74, 6) is 0.368. The lowest BCUT2D eigenvalue weighted by Gasteiger charge is -2.43. The van der Waals surface area contributed by atoms with Gasteiger partial charge in [0.2, 0.25) is 0 Å². The number of hydrogen-bond donors (Lipinski definition) is 2. The van der Waals surface area contributed by atoms with E-state index in [1.54, 1.807) is 11.3 Å². The first-order valence-corrected chi connectivity index (χ1v) is 14.3. The largest absolute Gasteiger partial charge is 0.465 e. The summed E-state index contributed by atoms with van der Waals surface area (Å²) >= 11 is 7.46. The number of aliphatic hydroxyl groups is 1. The van der Waals surface area contributed by atoms with E-state index < -0.39 is 5.60 Å². The van der Waals surface area contributed by atoms with Crippen LogP contribution in [0.4, 0.5) is 5.00 Å². The van der Waals surface area contributed by atoms with Gasteiger partial charge in [-0.1, -0.05) is 67.6 Å². The molecular weight excluding hydrogens is 500 g/mol. The van der Waals surface area contributed by atoms with Crippen molar-refractivity contribution in [2.24, 2.45) is 11.8 Å². The number of piperidine rings is 1. The predicted octanol–water partition coefficient (Wildman–Crippen LogP) is 6.00. The number of ether oxygens (including phenoxy) is 1. The molecule has 1 aliphatic carbocycles. The number of fused-ring (bicyclic) bond motifs is 1. The number of carbonyl (C=O) groups excluding carboxylic acids is 1. The quantitative estimate of drug-likeness (QED) is 0.309. The van der Waals surface area contributed by atoms with E-state index in [4.69, 9.17) is 17.0 Å². The summed E-state index contributed by atoms with van der Waals surface area (Å²) in [6.45, 7) is 3.72. The fourth-order valence-corrected chi connectivity index (χ4v) is 7.60. The normalized spacial score (nSPS) is 18.2. The smallest absolute Gasteiger partial charge is 0.341 e. The fraction of sp³-hybridized carbons (Fsp3) is 0.400. The molecule has 2 heterocycles. The molecule has 0 bridgehead atoms. The van der Waals surface area contributed by atoms with Gasteiger partial charge in [0.05, 0.1) is 12.7 Å². The molecule has 2 aromatic carbocycles. The molecular formula is C30H34N2O3S2. The summed E-state index contributed by atoms with van der Waals surface area (Å²) in [6.07, 6.45) is 4.56. The van der Waals surface area contributed by atoms with Crippen molar-refractivity contribution in [1.29, 1.82) is 0 Å². The van der Waals surface area contributed by atoms with Crippen LogP contribution in [0.5, 0.6) is 0 Å². The van der Waals surface area contributed by atoms with Crippen molar-refractivity contribution in [1.82, 2.24) is 4.90 Å². The van der Waals surface area contributed by atoms with Gasteiger partial charge in [-0.3, -0.25) is 0 Å². The van der Waals surface area contributed by atoms with Crippen LogP contribution in [0.2, 0.25) is 0 Å². The standard InChI is InChI=1S/C30H34N2O3S2/c1-20-13-14-24-25(19-20)37-27(26(24)28(33)35-2)31-29(36)32-17-15-23(16-18-32)30(34,21-9-5-3-6-10-21)22-11-7-4-8-12-22/h3-12,20,23,34H,13-19H2,1-2H3,(H,31,36)/t20-/m0/s1. The first-order valence-electron chi connectivity index (χ1n) is 13.0. The summed E-state index contributed by atoms with van der Waals surface area (Å²) in [4.78, 5) is 16.1. The van der Waals surface area contributed by atoms with Gasteiger partial charge in [-0.25, -0.2) is 4.79 Å². The van der Waals surface area contributed by atoms with Crippen LogP contribution in [0.15, 0.2) is 60.7 Å². The number of rotatable bonds is 5. The van der Waals surface area contributed by atoms with Crippen molar-refractivity contribution < 1.29 is 14.6 Å². The molecule has 0 amide bonds. The Morgan fingerprint density at radius 2 is 1.65 bits per heavy atom. The molecule has 0 unspecified atom stereocenters. The molecule has 37 heavy (non-hydrogen) atoms. The van der Waals surface area contributed by atoms with Gasteiger partial charge < -0.3 is 20.1 Å². The van der Waals surface area contributed by atoms with Crippen LogP contribution in [-0.4, -0.2) is 41.3 Å². The molecule has 3 aromatic rings. The van der Waals surface area contributed by atoms with Crippen LogP contribution in [0.1, 0.15) is 58.1 Å². The topological polar surface area (TPSA) is 61.8 Å². The second-order valence-electron chi connectivity index (χ2n) is 10.2. The summed E-state index contributed by atoms with van der Waals surface area (Å²) in [6, 6.07) is 19.9. The molecule has 1 saturated heterocycles. The molecule has 1 atom stereocenters. The third-order valence-corrected chi connectivity index (χ3v) is 9.45. The Morgan fingerprint density at radius 3 is 2.22 bits per heavy atom. The minimum atomic E-state index is -1.06. The van der Waals surface area contributed by atoms with E-state index in [0.717, 1.165) is 66.9 Å². The molecule has 1 aromatic heterocycles. The zero-order chi connectivity index (χ0) is 26.0. The minimum Gasteiger partial charge on any atom is -0.465 e. The number of benzene rings is 2. The maximum Gasteiger partial charge on any atom is 0.341 e. The number of carbonyl (C=O) groups is 1. The Balaban J connectivity index is 1.33. The maximum atomic E-state index is 12.7. The van der Waals surface area contributed by atoms with Gasteiger partial charge in [-0.05, 0) is 72.8 Å². The average Bonchev–Trinajstić information content (AvgIpc) is 3.29. The molecule has 194 valence electrons. The predicted molar refractivity (Wildman–Crippen MR) is 153 cm³/mol. The van der Waals surface area contributed by atoms with Crippen molar-refractivity contribution in [3.05, 3.63) is 87.8 Å². The van der Waals surface area contributed by atoms with Crippen LogP contribution in [-0.2, 0) is 23.2 Å². The lowest BCUT2D eigenvalue weighted by atomic mass is 9.72. The lowest BCUT2D eigenvalue weighted by molar-refractivity contribution is -0.00631. The summed E-state index contributed by atoms with van der Waals surface area (Å²) in [5, 5.41) is 17.0. The average molecular weight is 535 g/mol. The van der Waals surface area contributed by atoms with Gasteiger partial charge in [-0.2, -0.15) is 0 Å². The third-order valence-electron chi connectivity index (χ3n) is 7.92. The van der Waals surface area contributed by atoms with Crippen LogP contribution in [0, 0.1) is 11.8 Å². The number of methoxy groups -OCH3 is 1. The van der Waals surface area contributed by atoms with Gasteiger partial charge in [0.1, 0.15) is 10.6 Å². The Hall–Kier alpha value is -2.74. The van der Waals surface area contributed by atoms with E-state index in [9.17, 15) is 9.90 Å². The Labute approximate surface area is 228 Å². The van der Waals surface area contributed by atoms with Gasteiger partial charge >= 0.3 is 5.97 Å². The van der Waals surface area contributed by atoms with E-state index in [1.165, 1.54) is 12.0 Å². The number of hydrogen-bond acceptors (Lipinski definition) is 5. The van der Waals surface area contributed by atoms with E-state index in [2.05, 4.69) is 17.1 Å². The molecule has 2 N–H and O–H groups in total. The highest BCUT2D eigenvalue weighted by Gasteiger charge is 2.42. The van der Waals surface area contributed by atoms with Crippen LogP contribution in [0.25, 0.3) is 0 Å². The van der Waals surface area contributed by atoms with Crippen molar-refractivity contribution in [2.75, 3.05) is 25.5 Å². The van der Waals surface area contributed by atoms with Crippen molar-refractivity contribution in [2.45, 2.75) is 44.6 Å². The number of nitrogens with one attached hydrogen (secondary N) is 1. The molecule has 2 aliphatic rings. The fourth-order valence-electron chi connectivity index (χ4n) is 5.86. The second kappa shape index (κ2) is 10.9. The summed E-state index contributed by atoms with van der Waals surface area (Å²) in [5.41, 5.74) is 2.54. The second-order valence-corrected chi connectivity index (χ2v) is 11.7. The Kier molecular flexibility index (Phi) is 7.65. The number of likely N-dealkylation sites (tertiary alicyclic amines) is 1. The highest BCUT2D eigenvalue weighted by molar-refractivity contribution is 7.80. The van der Waals surface area contributed by atoms with Crippen LogP contribution < -0.4 is 5.32 Å². The highest BCUT2D eigenvalue weighted by Crippen LogP contribution is 2.43. The minimum absolute atomic E-state index is 0.0533. The Morgan fingerprint density at radius 1 is 1.05 bits per heavy atom. The van der Waals surface area contributed by atoms with E-state index in [0.29, 0.717) is 16.6 Å². The Bertz CT molecular complexity index is 1210. The van der Waals surface area contributed by atoms with E-state index in [1.807, 2.05) is 60.7 Å². The third kappa shape index (κ3) is 5.05. The molecule has 0 radical (unpaired) electrons. The van der Waals surface area contributed by atoms with Crippen molar-refractivity contribution in [3.63, 3.8) is 0 Å². The summed E-state index contributed by atoms with van der Waals surface area (Å²) in [7, 11) is 1.44. The molecule has 7 heteroatoms. The summed E-state index contributed by atoms with van der Waals surface area (Å²) < 4.78 is 5.13. The molecule has 1 aliphatic heterocycles. The van der Waals surface area contributed by atoms with Gasteiger partial charge in [0, 0.05) is 18.0 Å². The van der Waals surface area contributed by atoms with Crippen molar-refractivity contribution in [3.8, 4) is 0 Å². The maximum absolute atomic E-state index is 12.7. The molecule has 1 fully saturated rings. The number of anilines is 1. The molecule has 5 nitrogen and oxygen atoms in total. The molecule has 0 spiro atoms. The van der Waals surface area contributed by atoms with Crippen molar-refractivity contribution >= 4 is 39.6 Å². The first kappa shape index (κ1) is 25.9. The molecule has 0 saturated carbocycles. The van der Waals surface area contributed by atoms with Gasteiger partial charge in [-0.15, -0.1) is 11.3 Å². The van der Waals surface area contributed by atoms with Crippen LogP contribution >= 0.6 is 23.6 Å². The highest BCUT2D eigenvalue weighted by atomic mass is 32.1.